The molecule has 0 radical (unpaired) electrons. The smallest absolute Gasteiger partial charge is 0.159 e. The number of nitriles is 1. The van der Waals surface area contributed by atoms with Gasteiger partial charge in [-0.25, -0.2) is 8.78 Å². The molecule has 2 N–H and O–H groups in total. The minimum Gasteiger partial charge on any atom is -0.316 e. The van der Waals surface area contributed by atoms with Crippen LogP contribution < -0.4 is 5.73 Å². The summed E-state index contributed by atoms with van der Waals surface area (Å²) in [5.74, 6) is -1.81. The van der Waals surface area contributed by atoms with Crippen molar-refractivity contribution in [3.05, 3.63) is 35.4 Å². The van der Waals surface area contributed by atoms with Crippen molar-refractivity contribution >= 4 is 0 Å². The van der Waals surface area contributed by atoms with Crippen LogP contribution in [-0.4, -0.2) is 6.04 Å². The van der Waals surface area contributed by atoms with Gasteiger partial charge in [0.05, 0.1) is 12.1 Å². The van der Waals surface area contributed by atoms with Crippen LogP contribution in [0.2, 0.25) is 0 Å². The first-order valence-corrected chi connectivity index (χ1v) is 3.72. The Balaban J connectivity index is 2.81. The molecule has 0 saturated carbocycles. The first-order chi connectivity index (χ1) is 6.13. The molecule has 4 heteroatoms. The molecule has 0 aromatic heterocycles. The van der Waals surface area contributed by atoms with E-state index in [2.05, 4.69) is 0 Å². The van der Waals surface area contributed by atoms with Crippen molar-refractivity contribution in [2.75, 3.05) is 0 Å². The fraction of sp³-hybridized carbons (Fsp3) is 0.222. The Morgan fingerprint density at radius 2 is 2.08 bits per heavy atom. The van der Waals surface area contributed by atoms with Crippen molar-refractivity contribution in [3.8, 4) is 6.07 Å². The van der Waals surface area contributed by atoms with Gasteiger partial charge in [0.15, 0.2) is 11.6 Å². The highest BCUT2D eigenvalue weighted by Gasteiger charge is 2.05. The zero-order chi connectivity index (χ0) is 9.84. The third kappa shape index (κ3) is 2.49. The molecule has 1 atom stereocenters. The number of halogens is 2. The molecule has 0 aliphatic carbocycles. The summed E-state index contributed by atoms with van der Waals surface area (Å²) in [5, 5.41) is 8.38. The van der Waals surface area contributed by atoms with E-state index in [1.807, 2.05) is 6.07 Å². The monoisotopic (exact) mass is 182 g/mol. The quantitative estimate of drug-likeness (QED) is 0.750. The lowest BCUT2D eigenvalue weighted by molar-refractivity contribution is 0.506. The fourth-order valence-electron chi connectivity index (χ4n) is 0.966. The molecule has 0 unspecified atom stereocenters. The summed E-state index contributed by atoms with van der Waals surface area (Å²) in [4.78, 5) is 0. The van der Waals surface area contributed by atoms with Gasteiger partial charge in [0.2, 0.25) is 0 Å². The first kappa shape index (κ1) is 9.62. The van der Waals surface area contributed by atoms with Gasteiger partial charge in [-0.15, -0.1) is 0 Å². The fourth-order valence-corrected chi connectivity index (χ4v) is 0.966. The molecule has 1 aromatic carbocycles. The normalized spacial score (nSPS) is 12.2. The number of nitrogens with two attached hydrogens (primary N) is 1. The lowest BCUT2D eigenvalue weighted by Crippen LogP contribution is -2.20. The molecule has 13 heavy (non-hydrogen) atoms. The molecule has 0 fully saturated rings. The topological polar surface area (TPSA) is 49.8 Å². The molecule has 2 nitrogen and oxygen atoms in total. The van der Waals surface area contributed by atoms with E-state index in [-0.39, 0.29) is 6.42 Å². The molecule has 0 aliphatic rings. The molecule has 0 spiro atoms. The summed E-state index contributed by atoms with van der Waals surface area (Å²) < 4.78 is 25.1. The summed E-state index contributed by atoms with van der Waals surface area (Å²) in [5.41, 5.74) is 5.84. The van der Waals surface area contributed by atoms with Gasteiger partial charge in [-0.3, -0.25) is 0 Å². The predicted octanol–water partition coefficient (Wildman–Crippen LogP) is 1.36. The zero-order valence-electron chi connectivity index (χ0n) is 6.80. The van der Waals surface area contributed by atoms with Crippen molar-refractivity contribution in [2.24, 2.45) is 5.73 Å². The Kier molecular flexibility index (Phi) is 2.93. The van der Waals surface area contributed by atoms with Crippen LogP contribution in [-0.2, 0) is 6.42 Å². The third-order valence-corrected chi connectivity index (χ3v) is 1.61. The molecular formula is C9H8F2N2. The number of hydrogen-bond acceptors (Lipinski definition) is 2. The average Bonchev–Trinajstić information content (AvgIpc) is 2.11. The Bertz CT molecular complexity index is 344. The SMILES string of the molecule is N#C[C@H](N)Cc1ccc(F)c(F)c1. The number of hydrogen-bond donors (Lipinski definition) is 1. The lowest BCUT2D eigenvalue weighted by Gasteiger charge is -2.02. The zero-order valence-corrected chi connectivity index (χ0v) is 6.80. The summed E-state index contributed by atoms with van der Waals surface area (Å²) in [6.07, 6.45) is 0.230. The van der Waals surface area contributed by atoms with Gasteiger partial charge < -0.3 is 5.73 Å². The molecule has 1 rings (SSSR count). The number of nitrogens with zero attached hydrogens (tertiary/aromatic N) is 1. The van der Waals surface area contributed by atoms with Crippen LogP contribution in [0.5, 0.6) is 0 Å². The molecule has 0 amide bonds. The standard InChI is InChI=1S/C9H8F2N2/c10-8-2-1-6(4-9(8)11)3-7(13)5-12/h1-2,4,7H,3,13H2/t7-/m1/s1. The lowest BCUT2D eigenvalue weighted by atomic mass is 10.1. The molecule has 0 saturated heterocycles. The van der Waals surface area contributed by atoms with Crippen molar-refractivity contribution < 1.29 is 8.78 Å². The maximum Gasteiger partial charge on any atom is 0.159 e. The second kappa shape index (κ2) is 3.97. The van der Waals surface area contributed by atoms with E-state index < -0.39 is 17.7 Å². The second-order valence-electron chi connectivity index (χ2n) is 2.69. The third-order valence-electron chi connectivity index (χ3n) is 1.61. The van der Waals surface area contributed by atoms with Crippen LogP contribution >= 0.6 is 0 Å². The number of rotatable bonds is 2. The van der Waals surface area contributed by atoms with Crippen LogP contribution in [0.4, 0.5) is 8.78 Å². The highest BCUT2D eigenvalue weighted by Crippen LogP contribution is 2.09. The van der Waals surface area contributed by atoms with Gasteiger partial charge in [0.1, 0.15) is 0 Å². The van der Waals surface area contributed by atoms with Crippen LogP contribution in [0.25, 0.3) is 0 Å². The maximum absolute atomic E-state index is 12.6. The van der Waals surface area contributed by atoms with Gasteiger partial charge in [-0.05, 0) is 17.7 Å². The van der Waals surface area contributed by atoms with Gasteiger partial charge in [-0.2, -0.15) is 5.26 Å². The van der Waals surface area contributed by atoms with Crippen LogP contribution in [0, 0.1) is 23.0 Å². The molecule has 0 bridgehead atoms. The molecule has 0 aliphatic heterocycles. The van der Waals surface area contributed by atoms with Crippen LogP contribution in [0.1, 0.15) is 5.56 Å². The van der Waals surface area contributed by atoms with Crippen molar-refractivity contribution in [3.63, 3.8) is 0 Å². The first-order valence-electron chi connectivity index (χ1n) is 3.72. The second-order valence-corrected chi connectivity index (χ2v) is 2.69. The molecule has 68 valence electrons. The van der Waals surface area contributed by atoms with Crippen molar-refractivity contribution in [1.29, 1.82) is 5.26 Å². The highest BCUT2D eigenvalue weighted by molar-refractivity contribution is 5.20. The minimum absolute atomic E-state index is 0.230. The van der Waals surface area contributed by atoms with E-state index in [0.717, 1.165) is 12.1 Å². The summed E-state index contributed by atoms with van der Waals surface area (Å²) in [6.45, 7) is 0. The average molecular weight is 182 g/mol. The van der Waals surface area contributed by atoms with Gasteiger partial charge >= 0.3 is 0 Å². The molecule has 0 heterocycles. The van der Waals surface area contributed by atoms with Crippen molar-refractivity contribution in [2.45, 2.75) is 12.5 Å². The minimum atomic E-state index is -0.914. The van der Waals surface area contributed by atoms with E-state index in [1.54, 1.807) is 0 Å². The molecular weight excluding hydrogens is 174 g/mol. The van der Waals surface area contributed by atoms with Gasteiger partial charge in [0, 0.05) is 6.42 Å². The van der Waals surface area contributed by atoms with E-state index >= 15 is 0 Å². The Hall–Kier alpha value is -1.47. The predicted molar refractivity (Wildman–Crippen MR) is 43.7 cm³/mol. The Labute approximate surface area is 74.6 Å². The molecule has 1 aromatic rings. The van der Waals surface area contributed by atoms with Crippen molar-refractivity contribution in [1.82, 2.24) is 0 Å². The Morgan fingerprint density at radius 1 is 1.38 bits per heavy atom. The van der Waals surface area contributed by atoms with E-state index in [4.69, 9.17) is 11.0 Å². The summed E-state index contributed by atoms with van der Waals surface area (Å²) in [6, 6.07) is 4.62. The van der Waals surface area contributed by atoms with E-state index in [0.29, 0.717) is 5.56 Å². The van der Waals surface area contributed by atoms with E-state index in [9.17, 15) is 8.78 Å². The Morgan fingerprint density at radius 3 is 2.62 bits per heavy atom. The van der Waals surface area contributed by atoms with Crippen LogP contribution in [0.15, 0.2) is 18.2 Å². The summed E-state index contributed by atoms with van der Waals surface area (Å²) >= 11 is 0. The van der Waals surface area contributed by atoms with Crippen LogP contribution in [0.3, 0.4) is 0 Å². The maximum atomic E-state index is 12.6. The summed E-state index contributed by atoms with van der Waals surface area (Å²) in [7, 11) is 0. The largest absolute Gasteiger partial charge is 0.316 e. The number of benzene rings is 1. The van der Waals surface area contributed by atoms with Gasteiger partial charge in [0.25, 0.3) is 0 Å². The van der Waals surface area contributed by atoms with E-state index in [1.165, 1.54) is 6.07 Å². The van der Waals surface area contributed by atoms with Gasteiger partial charge in [-0.1, -0.05) is 6.07 Å². The highest BCUT2D eigenvalue weighted by atomic mass is 19.2.